The molecule has 0 spiro atoms. The van der Waals surface area contributed by atoms with Crippen molar-refractivity contribution in [1.82, 2.24) is 9.55 Å². The van der Waals surface area contributed by atoms with Crippen molar-refractivity contribution in [2.24, 2.45) is 7.05 Å². The third kappa shape index (κ3) is 6.42. The number of aryl methyl sites for hydroxylation is 1. The maximum absolute atomic E-state index is 11.4. The smallest absolute Gasteiger partial charge is 0.331 e. The molecule has 0 saturated heterocycles. The SMILES string of the molecule is Cn1cncc1/C=C/C(=O)OCC[N+](C)(C)C.[Cl-]. The number of hydrogen-bond acceptors (Lipinski definition) is 3. The molecule has 18 heavy (non-hydrogen) atoms. The van der Waals surface area contributed by atoms with Gasteiger partial charge in [-0.15, -0.1) is 0 Å². The Morgan fingerprint density at radius 2 is 2.17 bits per heavy atom. The van der Waals surface area contributed by atoms with E-state index in [1.807, 2.05) is 11.6 Å². The first-order chi connectivity index (χ1) is 7.88. The van der Waals surface area contributed by atoms with E-state index in [1.54, 1.807) is 18.6 Å². The summed E-state index contributed by atoms with van der Waals surface area (Å²) in [5.41, 5.74) is 0.869. The number of aromatic nitrogens is 2. The van der Waals surface area contributed by atoms with Gasteiger partial charge in [-0.3, -0.25) is 0 Å². The highest BCUT2D eigenvalue weighted by Gasteiger charge is 2.07. The molecule has 0 aliphatic carbocycles. The number of esters is 1. The average Bonchev–Trinajstić information content (AvgIpc) is 2.59. The lowest BCUT2D eigenvalue weighted by molar-refractivity contribution is -0.870. The van der Waals surface area contributed by atoms with Crippen molar-refractivity contribution in [3.05, 3.63) is 24.3 Å². The van der Waals surface area contributed by atoms with E-state index in [9.17, 15) is 4.79 Å². The van der Waals surface area contributed by atoms with Gasteiger partial charge in [-0.2, -0.15) is 0 Å². The number of carbonyl (C=O) groups is 1. The quantitative estimate of drug-likeness (QED) is 0.344. The normalized spacial score (nSPS) is 11.3. The molecular weight excluding hydrogens is 254 g/mol. The van der Waals surface area contributed by atoms with E-state index in [0.29, 0.717) is 6.61 Å². The van der Waals surface area contributed by atoms with E-state index in [1.165, 1.54) is 6.08 Å². The van der Waals surface area contributed by atoms with Gasteiger partial charge in [0.2, 0.25) is 0 Å². The third-order valence-corrected chi connectivity index (χ3v) is 2.25. The van der Waals surface area contributed by atoms with Crippen LogP contribution in [0.5, 0.6) is 0 Å². The summed E-state index contributed by atoms with van der Waals surface area (Å²) in [6, 6.07) is 0. The van der Waals surface area contributed by atoms with E-state index in [2.05, 4.69) is 26.1 Å². The lowest BCUT2D eigenvalue weighted by atomic mass is 10.4. The molecule has 0 bridgehead atoms. The largest absolute Gasteiger partial charge is 1.00 e. The molecule has 102 valence electrons. The highest BCUT2D eigenvalue weighted by atomic mass is 35.5. The molecule has 0 unspecified atom stereocenters. The molecule has 1 aromatic rings. The van der Waals surface area contributed by atoms with Crippen LogP contribution in [0.3, 0.4) is 0 Å². The summed E-state index contributed by atoms with van der Waals surface area (Å²) < 4.78 is 7.69. The van der Waals surface area contributed by atoms with Crippen LogP contribution in [-0.4, -0.2) is 54.3 Å². The average molecular weight is 274 g/mol. The zero-order valence-corrected chi connectivity index (χ0v) is 12.0. The first-order valence-electron chi connectivity index (χ1n) is 5.50. The Morgan fingerprint density at radius 1 is 1.50 bits per heavy atom. The minimum absolute atomic E-state index is 0. The molecule has 0 N–H and O–H groups in total. The van der Waals surface area contributed by atoms with Crippen LogP contribution in [0.4, 0.5) is 0 Å². The van der Waals surface area contributed by atoms with Crippen molar-refractivity contribution >= 4 is 12.0 Å². The fourth-order valence-electron chi connectivity index (χ4n) is 1.15. The Bertz CT molecular complexity index is 408. The van der Waals surface area contributed by atoms with Gasteiger partial charge in [0.15, 0.2) is 0 Å². The summed E-state index contributed by atoms with van der Waals surface area (Å²) in [6.07, 6.45) is 6.49. The fourth-order valence-corrected chi connectivity index (χ4v) is 1.15. The molecule has 5 nitrogen and oxygen atoms in total. The number of carbonyl (C=O) groups excluding carboxylic acids is 1. The minimum Gasteiger partial charge on any atom is -1.00 e. The Morgan fingerprint density at radius 3 is 2.67 bits per heavy atom. The van der Waals surface area contributed by atoms with Gasteiger partial charge in [0.1, 0.15) is 13.2 Å². The summed E-state index contributed by atoms with van der Waals surface area (Å²) in [6.45, 7) is 1.23. The second-order valence-electron chi connectivity index (χ2n) is 4.94. The van der Waals surface area contributed by atoms with Gasteiger partial charge in [0.05, 0.1) is 39.4 Å². The Kier molecular flexibility index (Phi) is 6.65. The number of imidazole rings is 1. The van der Waals surface area contributed by atoms with Crippen LogP contribution < -0.4 is 12.4 Å². The Balaban J connectivity index is 0.00000289. The van der Waals surface area contributed by atoms with Crippen molar-refractivity contribution in [2.45, 2.75) is 0 Å². The standard InChI is InChI=1S/C12H20N3O2.ClH/c1-14-10-13-9-11(14)5-6-12(16)17-8-7-15(2,3)4;/h5-6,9-10H,7-8H2,1-4H3;1H/q+1;/p-1/b6-5+;. The van der Waals surface area contributed by atoms with Gasteiger partial charge in [-0.05, 0) is 6.08 Å². The van der Waals surface area contributed by atoms with Gasteiger partial charge < -0.3 is 26.2 Å². The predicted octanol–water partition coefficient (Wildman–Crippen LogP) is -2.31. The van der Waals surface area contributed by atoms with Crippen LogP contribution in [0.25, 0.3) is 6.08 Å². The van der Waals surface area contributed by atoms with E-state index < -0.39 is 0 Å². The molecule has 0 amide bonds. The summed E-state index contributed by atoms with van der Waals surface area (Å²) in [5, 5.41) is 0. The zero-order chi connectivity index (χ0) is 12.9. The molecule has 0 aliphatic rings. The molecule has 0 atom stereocenters. The monoisotopic (exact) mass is 273 g/mol. The molecule has 0 aromatic carbocycles. The molecule has 1 heterocycles. The molecule has 0 aliphatic heterocycles. The number of quaternary nitrogens is 1. The van der Waals surface area contributed by atoms with Crippen LogP contribution in [-0.2, 0) is 16.6 Å². The summed E-state index contributed by atoms with van der Waals surface area (Å²) >= 11 is 0. The second kappa shape index (κ2) is 7.18. The van der Waals surface area contributed by atoms with Crippen molar-refractivity contribution in [3.63, 3.8) is 0 Å². The van der Waals surface area contributed by atoms with Crippen LogP contribution in [0.1, 0.15) is 5.69 Å². The summed E-state index contributed by atoms with van der Waals surface area (Å²) in [4.78, 5) is 15.3. The van der Waals surface area contributed by atoms with Gasteiger partial charge in [0.25, 0.3) is 0 Å². The molecule has 6 heteroatoms. The number of halogens is 1. The van der Waals surface area contributed by atoms with E-state index >= 15 is 0 Å². The fraction of sp³-hybridized carbons (Fsp3) is 0.500. The molecule has 0 radical (unpaired) electrons. The molecule has 1 aromatic heterocycles. The lowest BCUT2D eigenvalue weighted by Gasteiger charge is -2.23. The van der Waals surface area contributed by atoms with Crippen LogP contribution in [0.15, 0.2) is 18.6 Å². The van der Waals surface area contributed by atoms with Crippen molar-refractivity contribution in [1.29, 1.82) is 0 Å². The van der Waals surface area contributed by atoms with Crippen LogP contribution in [0, 0.1) is 0 Å². The Hall–Kier alpha value is -1.33. The minimum atomic E-state index is -0.320. The van der Waals surface area contributed by atoms with E-state index in [4.69, 9.17) is 4.74 Å². The van der Waals surface area contributed by atoms with E-state index in [-0.39, 0.29) is 18.4 Å². The molecule has 0 fully saturated rings. The van der Waals surface area contributed by atoms with Gasteiger partial charge in [-0.1, -0.05) is 0 Å². The molecule has 0 saturated carbocycles. The molecular formula is C12H20ClN3O2. The first kappa shape index (κ1) is 16.7. The maximum atomic E-state index is 11.4. The Labute approximate surface area is 114 Å². The van der Waals surface area contributed by atoms with Gasteiger partial charge in [0, 0.05) is 13.1 Å². The summed E-state index contributed by atoms with van der Waals surface area (Å²) in [5.74, 6) is -0.320. The van der Waals surface area contributed by atoms with E-state index in [0.717, 1.165) is 16.7 Å². The number of hydrogen-bond donors (Lipinski definition) is 0. The molecule has 1 rings (SSSR count). The second-order valence-corrected chi connectivity index (χ2v) is 4.94. The zero-order valence-electron chi connectivity index (χ0n) is 11.3. The van der Waals surface area contributed by atoms with Crippen molar-refractivity contribution in [2.75, 3.05) is 34.3 Å². The lowest BCUT2D eigenvalue weighted by Crippen LogP contribution is -3.00. The van der Waals surface area contributed by atoms with Crippen molar-refractivity contribution < 1.29 is 26.4 Å². The topological polar surface area (TPSA) is 44.1 Å². The highest BCUT2D eigenvalue weighted by Crippen LogP contribution is 1.99. The van der Waals surface area contributed by atoms with Crippen molar-refractivity contribution in [3.8, 4) is 0 Å². The summed E-state index contributed by atoms with van der Waals surface area (Å²) in [7, 11) is 8.03. The first-order valence-corrected chi connectivity index (χ1v) is 5.50. The number of nitrogens with zero attached hydrogens (tertiary/aromatic N) is 3. The van der Waals surface area contributed by atoms with Gasteiger partial charge >= 0.3 is 5.97 Å². The predicted molar refractivity (Wildman–Crippen MR) is 66.1 cm³/mol. The van der Waals surface area contributed by atoms with Gasteiger partial charge in [-0.25, -0.2) is 9.78 Å². The maximum Gasteiger partial charge on any atom is 0.331 e. The highest BCUT2D eigenvalue weighted by molar-refractivity contribution is 5.86. The number of rotatable bonds is 5. The number of likely N-dealkylation sites (N-methyl/N-ethyl adjacent to an activating group) is 1. The van der Waals surface area contributed by atoms with Crippen LogP contribution >= 0.6 is 0 Å². The third-order valence-electron chi connectivity index (χ3n) is 2.25. The number of ether oxygens (including phenoxy) is 1. The van der Waals surface area contributed by atoms with Crippen LogP contribution in [0.2, 0.25) is 0 Å².